The number of hydrogen-bond acceptors (Lipinski definition) is 2. The summed E-state index contributed by atoms with van der Waals surface area (Å²) in [5, 5.41) is 9.74. The van der Waals surface area contributed by atoms with Crippen molar-refractivity contribution in [3.63, 3.8) is 0 Å². The summed E-state index contributed by atoms with van der Waals surface area (Å²) in [5.41, 5.74) is 0.892. The number of aliphatic hydroxyl groups excluding tert-OH is 1. The van der Waals surface area contributed by atoms with Gasteiger partial charge < -0.3 is 10.0 Å². The average Bonchev–Trinajstić information content (AvgIpc) is 2.81. The molecule has 1 N–H and O–H groups in total. The molecule has 80 valence electrons. The Morgan fingerprint density at radius 1 is 1.13 bits per heavy atom. The number of aliphatic hydroxyl groups is 1. The molecular weight excluding hydrogens is 186 g/mol. The summed E-state index contributed by atoms with van der Waals surface area (Å²) >= 11 is 0. The van der Waals surface area contributed by atoms with Crippen LogP contribution in [0.4, 0.5) is 0 Å². The second kappa shape index (κ2) is 4.87. The lowest BCUT2D eigenvalue weighted by atomic mass is 10.1. The van der Waals surface area contributed by atoms with Crippen LogP contribution in [0.5, 0.6) is 0 Å². The highest BCUT2D eigenvalue weighted by Gasteiger charge is 2.05. The molecule has 1 saturated heterocycles. The van der Waals surface area contributed by atoms with Gasteiger partial charge in [0.05, 0.1) is 0 Å². The molecule has 0 unspecified atom stereocenters. The van der Waals surface area contributed by atoms with E-state index < -0.39 is 0 Å². The Labute approximate surface area is 90.9 Å². The van der Waals surface area contributed by atoms with Gasteiger partial charge in [0.1, 0.15) is 5.76 Å². The van der Waals surface area contributed by atoms with Crippen molar-refractivity contribution in [2.75, 3.05) is 13.1 Å². The van der Waals surface area contributed by atoms with Gasteiger partial charge >= 0.3 is 0 Å². The van der Waals surface area contributed by atoms with Gasteiger partial charge in [0.2, 0.25) is 0 Å². The van der Waals surface area contributed by atoms with E-state index in [0.29, 0.717) is 5.76 Å². The number of piperidine rings is 1. The molecule has 15 heavy (non-hydrogen) atoms. The Morgan fingerprint density at radius 2 is 1.80 bits per heavy atom. The van der Waals surface area contributed by atoms with Crippen LogP contribution in [0.3, 0.4) is 0 Å². The zero-order chi connectivity index (χ0) is 10.5. The standard InChI is InChI=1S/C13H17NO/c15-13(12-6-2-3-7-12)8-11-14-9-4-1-5-10-14/h2-3,6-8,11,15H,1,4-5,9-10H2. The first-order valence-corrected chi connectivity index (χ1v) is 5.56. The Morgan fingerprint density at radius 3 is 2.47 bits per heavy atom. The fraction of sp³-hybridized carbons (Fsp3) is 0.385. The molecule has 0 radical (unpaired) electrons. The molecule has 2 heteroatoms. The van der Waals surface area contributed by atoms with E-state index in [9.17, 15) is 5.11 Å². The van der Waals surface area contributed by atoms with Crippen LogP contribution in [0, 0.1) is 0 Å². The van der Waals surface area contributed by atoms with Crippen LogP contribution in [0.15, 0.2) is 47.9 Å². The lowest BCUT2D eigenvalue weighted by Crippen LogP contribution is -2.24. The molecule has 0 atom stereocenters. The minimum Gasteiger partial charge on any atom is -0.507 e. The van der Waals surface area contributed by atoms with Gasteiger partial charge in [0.25, 0.3) is 0 Å². The van der Waals surface area contributed by atoms with E-state index in [-0.39, 0.29) is 0 Å². The fourth-order valence-corrected chi connectivity index (χ4v) is 1.88. The summed E-state index contributed by atoms with van der Waals surface area (Å²) in [6.07, 6.45) is 15.3. The molecule has 0 amide bonds. The van der Waals surface area contributed by atoms with E-state index in [1.165, 1.54) is 19.3 Å². The van der Waals surface area contributed by atoms with E-state index >= 15 is 0 Å². The summed E-state index contributed by atoms with van der Waals surface area (Å²) in [6, 6.07) is 0. The third-order valence-corrected chi connectivity index (χ3v) is 2.79. The van der Waals surface area contributed by atoms with Gasteiger partial charge in [0.15, 0.2) is 0 Å². The number of likely N-dealkylation sites (tertiary alicyclic amines) is 1. The lowest BCUT2D eigenvalue weighted by molar-refractivity contribution is 0.307. The Bertz CT molecular complexity index is 316. The summed E-state index contributed by atoms with van der Waals surface area (Å²) in [6.45, 7) is 2.23. The minimum absolute atomic E-state index is 0.352. The number of allylic oxidation sites excluding steroid dienone is 6. The van der Waals surface area contributed by atoms with Gasteiger partial charge in [-0.1, -0.05) is 24.3 Å². The summed E-state index contributed by atoms with van der Waals surface area (Å²) < 4.78 is 0. The molecule has 0 spiro atoms. The number of rotatable bonds is 2. The second-order valence-corrected chi connectivity index (χ2v) is 3.97. The van der Waals surface area contributed by atoms with Crippen molar-refractivity contribution in [2.45, 2.75) is 19.3 Å². The molecule has 1 fully saturated rings. The maximum atomic E-state index is 9.74. The first kappa shape index (κ1) is 10.1. The zero-order valence-corrected chi connectivity index (χ0v) is 8.89. The molecule has 1 heterocycles. The molecule has 1 aliphatic carbocycles. The molecule has 2 aliphatic rings. The molecule has 2 rings (SSSR count). The first-order chi connectivity index (χ1) is 7.36. The Kier molecular flexibility index (Phi) is 3.28. The molecule has 0 aromatic heterocycles. The van der Waals surface area contributed by atoms with E-state index in [2.05, 4.69) is 4.90 Å². The molecule has 0 aromatic carbocycles. The molecule has 1 aliphatic heterocycles. The highest BCUT2D eigenvalue weighted by Crippen LogP contribution is 2.14. The van der Waals surface area contributed by atoms with Gasteiger partial charge in [-0.2, -0.15) is 0 Å². The van der Waals surface area contributed by atoms with Crippen LogP contribution in [0.2, 0.25) is 0 Å². The number of hydrogen-bond donors (Lipinski definition) is 1. The van der Waals surface area contributed by atoms with Crippen molar-refractivity contribution in [1.82, 2.24) is 4.90 Å². The van der Waals surface area contributed by atoms with Crippen molar-refractivity contribution >= 4 is 0 Å². The smallest absolute Gasteiger partial charge is 0.124 e. The Balaban J connectivity index is 1.95. The number of nitrogens with zero attached hydrogens (tertiary/aromatic N) is 1. The lowest BCUT2D eigenvalue weighted by Gasteiger charge is -2.24. The van der Waals surface area contributed by atoms with Crippen LogP contribution in [-0.2, 0) is 0 Å². The van der Waals surface area contributed by atoms with Crippen molar-refractivity contribution < 1.29 is 5.11 Å². The first-order valence-electron chi connectivity index (χ1n) is 5.56. The SMILES string of the molecule is OC(C=CN1CCCCC1)=C1C=CC=C1. The van der Waals surface area contributed by atoms with E-state index in [1.807, 2.05) is 30.5 Å². The summed E-state index contributed by atoms with van der Waals surface area (Å²) in [7, 11) is 0. The second-order valence-electron chi connectivity index (χ2n) is 3.97. The Hall–Kier alpha value is -1.44. The van der Waals surface area contributed by atoms with Crippen molar-refractivity contribution in [1.29, 1.82) is 0 Å². The largest absolute Gasteiger partial charge is 0.507 e. The normalized spacial score (nSPS) is 20.5. The van der Waals surface area contributed by atoms with Gasteiger partial charge in [-0.25, -0.2) is 0 Å². The van der Waals surface area contributed by atoms with Gasteiger partial charge in [-0.3, -0.25) is 0 Å². The average molecular weight is 203 g/mol. The van der Waals surface area contributed by atoms with Crippen LogP contribution in [-0.4, -0.2) is 23.1 Å². The third-order valence-electron chi connectivity index (χ3n) is 2.79. The van der Waals surface area contributed by atoms with Crippen molar-refractivity contribution in [3.8, 4) is 0 Å². The minimum atomic E-state index is 0.352. The monoisotopic (exact) mass is 203 g/mol. The third kappa shape index (κ3) is 2.75. The van der Waals surface area contributed by atoms with Crippen molar-refractivity contribution in [2.24, 2.45) is 0 Å². The van der Waals surface area contributed by atoms with E-state index in [0.717, 1.165) is 18.7 Å². The van der Waals surface area contributed by atoms with Gasteiger partial charge in [-0.05, 0) is 25.3 Å². The molecular formula is C13H17NO. The van der Waals surface area contributed by atoms with E-state index in [1.54, 1.807) is 6.08 Å². The maximum Gasteiger partial charge on any atom is 0.124 e. The highest BCUT2D eigenvalue weighted by molar-refractivity contribution is 5.44. The van der Waals surface area contributed by atoms with E-state index in [4.69, 9.17) is 0 Å². The zero-order valence-electron chi connectivity index (χ0n) is 8.89. The topological polar surface area (TPSA) is 23.5 Å². The van der Waals surface area contributed by atoms with Crippen LogP contribution < -0.4 is 0 Å². The molecule has 0 saturated carbocycles. The van der Waals surface area contributed by atoms with Crippen molar-refractivity contribution in [3.05, 3.63) is 47.9 Å². The predicted molar refractivity (Wildman–Crippen MR) is 62.5 cm³/mol. The fourth-order valence-electron chi connectivity index (χ4n) is 1.88. The summed E-state index contributed by atoms with van der Waals surface area (Å²) in [4.78, 5) is 2.27. The highest BCUT2D eigenvalue weighted by atomic mass is 16.3. The molecule has 0 aromatic rings. The molecule has 0 bridgehead atoms. The van der Waals surface area contributed by atoms with Gasteiger partial charge in [0, 0.05) is 24.9 Å². The van der Waals surface area contributed by atoms with Crippen LogP contribution in [0.1, 0.15) is 19.3 Å². The quantitative estimate of drug-likeness (QED) is 0.697. The maximum absolute atomic E-state index is 9.74. The van der Waals surface area contributed by atoms with Gasteiger partial charge in [-0.15, -0.1) is 0 Å². The van der Waals surface area contributed by atoms with Crippen LogP contribution >= 0.6 is 0 Å². The molecule has 2 nitrogen and oxygen atoms in total. The summed E-state index contributed by atoms with van der Waals surface area (Å²) in [5.74, 6) is 0.352. The van der Waals surface area contributed by atoms with Crippen LogP contribution in [0.25, 0.3) is 0 Å². The predicted octanol–water partition coefficient (Wildman–Crippen LogP) is 2.92.